The van der Waals surface area contributed by atoms with E-state index in [1.54, 1.807) is 0 Å². The summed E-state index contributed by atoms with van der Waals surface area (Å²) >= 11 is 0. The minimum atomic E-state index is -4.65. The van der Waals surface area contributed by atoms with Gasteiger partial charge in [-0.2, -0.15) is 13.2 Å². The molecule has 6 heteroatoms. The van der Waals surface area contributed by atoms with Gasteiger partial charge in [0, 0.05) is 11.0 Å². The van der Waals surface area contributed by atoms with Crippen molar-refractivity contribution in [1.29, 1.82) is 0 Å². The molecular formula is C14H17F3O3. The van der Waals surface area contributed by atoms with Gasteiger partial charge in [-0.05, 0) is 24.8 Å². The van der Waals surface area contributed by atoms with E-state index >= 15 is 0 Å². The van der Waals surface area contributed by atoms with Crippen molar-refractivity contribution < 1.29 is 27.4 Å². The van der Waals surface area contributed by atoms with E-state index < -0.39 is 17.4 Å². The minimum Gasteiger partial charge on any atom is -0.337 e. The molecule has 0 unspecified atom stereocenters. The zero-order valence-corrected chi connectivity index (χ0v) is 11.1. The second-order valence-corrected chi connectivity index (χ2v) is 5.85. The molecule has 0 amide bonds. The molecule has 0 N–H and O–H groups in total. The Labute approximate surface area is 115 Å². The van der Waals surface area contributed by atoms with Gasteiger partial charge in [0.25, 0.3) is 5.79 Å². The second-order valence-electron chi connectivity index (χ2n) is 5.85. The molecule has 0 radical (unpaired) electrons. The standard InChI is InChI=1S/C14H17F3O3/c15-14(16,17)13(19-6-7-20-13)11-10(9-18)8-12(11)4-2-1-3-5-12/h9H,1-8H2. The Morgan fingerprint density at radius 1 is 1.05 bits per heavy atom. The van der Waals surface area contributed by atoms with Gasteiger partial charge in [-0.3, -0.25) is 4.79 Å². The van der Waals surface area contributed by atoms with Crippen LogP contribution in [0.15, 0.2) is 11.1 Å². The molecule has 0 atom stereocenters. The first-order valence-corrected chi connectivity index (χ1v) is 6.99. The molecule has 1 saturated heterocycles. The molecule has 3 nitrogen and oxygen atoms in total. The van der Waals surface area contributed by atoms with Crippen molar-refractivity contribution in [2.45, 2.75) is 50.5 Å². The number of carbonyl (C=O) groups is 1. The number of carbonyl (C=O) groups excluding carboxylic acids is 1. The van der Waals surface area contributed by atoms with Crippen LogP contribution in [0.5, 0.6) is 0 Å². The Morgan fingerprint density at radius 3 is 2.15 bits per heavy atom. The fourth-order valence-corrected chi connectivity index (χ4v) is 3.95. The fourth-order valence-electron chi connectivity index (χ4n) is 3.95. The maximum atomic E-state index is 13.5. The highest BCUT2D eigenvalue weighted by molar-refractivity contribution is 5.79. The molecule has 3 aliphatic rings. The summed E-state index contributed by atoms with van der Waals surface area (Å²) in [4.78, 5) is 11.1. The SMILES string of the molecule is O=CC1=C(C2(C(F)(F)F)OCCO2)C2(CCCCC2)C1. The second kappa shape index (κ2) is 4.56. The van der Waals surface area contributed by atoms with Crippen LogP contribution in [-0.2, 0) is 14.3 Å². The molecule has 3 rings (SSSR count). The molecule has 2 aliphatic carbocycles. The van der Waals surface area contributed by atoms with Crippen LogP contribution in [0.3, 0.4) is 0 Å². The molecule has 2 fully saturated rings. The number of rotatable bonds is 2. The number of hydrogen-bond acceptors (Lipinski definition) is 3. The number of hydrogen-bond donors (Lipinski definition) is 0. The molecule has 0 aromatic carbocycles. The Hall–Kier alpha value is -0.880. The van der Waals surface area contributed by atoms with Crippen molar-refractivity contribution in [2.75, 3.05) is 13.2 Å². The van der Waals surface area contributed by atoms with E-state index in [4.69, 9.17) is 9.47 Å². The molecule has 1 aliphatic heterocycles. The van der Waals surface area contributed by atoms with Gasteiger partial charge in [-0.1, -0.05) is 19.3 Å². The van der Waals surface area contributed by atoms with Gasteiger partial charge in [-0.15, -0.1) is 0 Å². The van der Waals surface area contributed by atoms with Gasteiger partial charge in [0.1, 0.15) is 6.29 Å². The largest absolute Gasteiger partial charge is 0.447 e. The van der Waals surface area contributed by atoms with Crippen LogP contribution >= 0.6 is 0 Å². The number of halogens is 3. The van der Waals surface area contributed by atoms with E-state index in [9.17, 15) is 18.0 Å². The van der Waals surface area contributed by atoms with Gasteiger partial charge in [-0.25, -0.2) is 0 Å². The molecule has 112 valence electrons. The Kier molecular flexibility index (Phi) is 3.21. The van der Waals surface area contributed by atoms with Crippen LogP contribution in [0, 0.1) is 5.41 Å². The lowest BCUT2D eigenvalue weighted by Gasteiger charge is -2.52. The molecule has 0 bridgehead atoms. The van der Waals surface area contributed by atoms with Crippen molar-refractivity contribution in [3.8, 4) is 0 Å². The van der Waals surface area contributed by atoms with Crippen LogP contribution in [0.4, 0.5) is 13.2 Å². The molecule has 0 aromatic rings. The van der Waals surface area contributed by atoms with Gasteiger partial charge < -0.3 is 9.47 Å². The van der Waals surface area contributed by atoms with Gasteiger partial charge in [0.15, 0.2) is 0 Å². The summed E-state index contributed by atoms with van der Waals surface area (Å²) in [6.45, 7) is -0.184. The molecule has 1 spiro atoms. The summed E-state index contributed by atoms with van der Waals surface area (Å²) < 4.78 is 50.6. The average Bonchev–Trinajstić information content (AvgIpc) is 2.87. The van der Waals surface area contributed by atoms with Crippen LogP contribution < -0.4 is 0 Å². The molecule has 1 saturated carbocycles. The minimum absolute atomic E-state index is 0.0599. The lowest BCUT2D eigenvalue weighted by atomic mass is 9.55. The first-order valence-electron chi connectivity index (χ1n) is 6.99. The summed E-state index contributed by atoms with van der Waals surface area (Å²) in [6.07, 6.45) is 0.496. The van der Waals surface area contributed by atoms with E-state index in [-0.39, 0.29) is 24.4 Å². The first kappa shape index (κ1) is 14.1. The zero-order valence-electron chi connectivity index (χ0n) is 11.1. The number of ether oxygens (including phenoxy) is 2. The maximum Gasteiger partial charge on any atom is 0.447 e. The topological polar surface area (TPSA) is 35.5 Å². The fraction of sp³-hybridized carbons (Fsp3) is 0.786. The number of alkyl halides is 3. The Bertz CT molecular complexity index is 441. The highest BCUT2D eigenvalue weighted by atomic mass is 19.4. The Balaban J connectivity index is 2.06. The maximum absolute atomic E-state index is 13.5. The summed E-state index contributed by atoms with van der Waals surface area (Å²) in [7, 11) is 0. The highest BCUT2D eigenvalue weighted by Gasteiger charge is 2.69. The van der Waals surface area contributed by atoms with Crippen molar-refractivity contribution in [2.24, 2.45) is 5.41 Å². The molecule has 1 heterocycles. The first-order chi connectivity index (χ1) is 9.45. The third-order valence-corrected chi connectivity index (χ3v) is 4.73. The van der Waals surface area contributed by atoms with Crippen LogP contribution in [0.2, 0.25) is 0 Å². The normalized spacial score (nSPS) is 28.6. The molecule has 20 heavy (non-hydrogen) atoms. The third kappa shape index (κ3) is 1.77. The van der Waals surface area contributed by atoms with Crippen molar-refractivity contribution in [3.05, 3.63) is 11.1 Å². The predicted octanol–water partition coefficient (Wildman–Crippen LogP) is 3.14. The lowest BCUT2D eigenvalue weighted by molar-refractivity contribution is -0.332. The van der Waals surface area contributed by atoms with E-state index in [0.29, 0.717) is 25.5 Å². The van der Waals surface area contributed by atoms with E-state index in [1.165, 1.54) is 0 Å². The average molecular weight is 290 g/mol. The summed E-state index contributed by atoms with van der Waals surface area (Å²) in [6, 6.07) is 0. The number of allylic oxidation sites excluding steroid dienone is 1. The van der Waals surface area contributed by atoms with Crippen LogP contribution in [0.25, 0.3) is 0 Å². The summed E-state index contributed by atoms with van der Waals surface area (Å²) in [5.74, 6) is -2.68. The van der Waals surface area contributed by atoms with Gasteiger partial charge in [0.05, 0.1) is 13.2 Å². The van der Waals surface area contributed by atoms with Gasteiger partial charge >= 0.3 is 6.18 Å². The quantitative estimate of drug-likeness (QED) is 0.733. The summed E-state index contributed by atoms with van der Waals surface area (Å²) in [5, 5.41) is 0. The monoisotopic (exact) mass is 290 g/mol. The van der Waals surface area contributed by atoms with E-state index in [2.05, 4.69) is 0 Å². The van der Waals surface area contributed by atoms with Crippen LogP contribution in [0.1, 0.15) is 38.5 Å². The van der Waals surface area contributed by atoms with Crippen molar-refractivity contribution in [1.82, 2.24) is 0 Å². The third-order valence-electron chi connectivity index (χ3n) is 4.73. The predicted molar refractivity (Wildman–Crippen MR) is 63.9 cm³/mol. The van der Waals surface area contributed by atoms with Crippen LogP contribution in [-0.4, -0.2) is 31.5 Å². The van der Waals surface area contributed by atoms with Crippen molar-refractivity contribution >= 4 is 6.29 Å². The van der Waals surface area contributed by atoms with Gasteiger partial charge in [0.2, 0.25) is 0 Å². The van der Waals surface area contributed by atoms with E-state index in [0.717, 1.165) is 19.3 Å². The molecular weight excluding hydrogens is 273 g/mol. The zero-order chi connectivity index (χ0) is 14.4. The van der Waals surface area contributed by atoms with E-state index in [1.807, 2.05) is 0 Å². The summed E-state index contributed by atoms with van der Waals surface area (Å²) in [5.41, 5.74) is -0.273. The molecule has 0 aromatic heterocycles. The highest BCUT2D eigenvalue weighted by Crippen LogP contribution is 2.62. The number of aldehydes is 1. The lowest BCUT2D eigenvalue weighted by Crippen LogP contribution is -2.57. The van der Waals surface area contributed by atoms with Crippen molar-refractivity contribution in [3.63, 3.8) is 0 Å². The smallest absolute Gasteiger partial charge is 0.337 e. The Morgan fingerprint density at radius 2 is 1.65 bits per heavy atom.